The first-order chi connectivity index (χ1) is 11.5. The molecule has 1 amide bonds. The third-order valence-corrected chi connectivity index (χ3v) is 4.81. The number of thiophene rings is 1. The number of hydrogen-bond donors (Lipinski definition) is 1. The summed E-state index contributed by atoms with van der Waals surface area (Å²) in [6.45, 7) is 0.914. The highest BCUT2D eigenvalue weighted by molar-refractivity contribution is 7.20. The summed E-state index contributed by atoms with van der Waals surface area (Å²) in [7, 11) is 3.80. The molecule has 1 heterocycles. The van der Waals surface area contributed by atoms with Gasteiger partial charge >= 0.3 is 0 Å². The molecule has 0 fully saturated rings. The second-order valence-corrected chi connectivity index (χ2v) is 7.08. The summed E-state index contributed by atoms with van der Waals surface area (Å²) in [6, 6.07) is 14.8. The topological polar surface area (TPSA) is 32.3 Å². The van der Waals surface area contributed by atoms with Crippen molar-refractivity contribution in [3.05, 3.63) is 70.4 Å². The lowest BCUT2D eigenvalue weighted by atomic mass is 10.1. The van der Waals surface area contributed by atoms with Crippen LogP contribution in [0.3, 0.4) is 0 Å². The number of carbonyl (C=O) groups excluding carboxylic acids is 1. The molecule has 3 rings (SSSR count). The average molecular weight is 342 g/mol. The number of rotatable bonds is 5. The van der Waals surface area contributed by atoms with Crippen LogP contribution in [-0.4, -0.2) is 24.9 Å². The van der Waals surface area contributed by atoms with Crippen molar-refractivity contribution >= 4 is 27.3 Å². The van der Waals surface area contributed by atoms with E-state index in [1.807, 2.05) is 49.3 Å². The van der Waals surface area contributed by atoms with Crippen molar-refractivity contribution < 1.29 is 9.18 Å². The number of hydrogen-bond acceptors (Lipinski definition) is 3. The van der Waals surface area contributed by atoms with Gasteiger partial charge in [-0.25, -0.2) is 4.39 Å². The van der Waals surface area contributed by atoms with Crippen LogP contribution in [0.25, 0.3) is 10.1 Å². The first kappa shape index (κ1) is 16.6. The largest absolute Gasteiger partial charge is 0.347 e. The van der Waals surface area contributed by atoms with E-state index in [4.69, 9.17) is 0 Å². The van der Waals surface area contributed by atoms with E-state index in [1.54, 1.807) is 12.1 Å². The lowest BCUT2D eigenvalue weighted by molar-refractivity contribution is 0.0955. The number of benzene rings is 2. The SMILES string of the molecule is CN(C)Cc1cc(CNC(=O)c2cc3ccccc3s2)ccc1F. The van der Waals surface area contributed by atoms with Gasteiger partial charge in [-0.1, -0.05) is 24.3 Å². The zero-order valence-corrected chi connectivity index (χ0v) is 14.5. The predicted octanol–water partition coefficient (Wildman–Crippen LogP) is 4.03. The van der Waals surface area contributed by atoms with E-state index in [1.165, 1.54) is 17.4 Å². The maximum absolute atomic E-state index is 13.8. The van der Waals surface area contributed by atoms with Gasteiger partial charge in [0, 0.05) is 23.4 Å². The maximum Gasteiger partial charge on any atom is 0.261 e. The Morgan fingerprint density at radius 3 is 2.71 bits per heavy atom. The molecule has 24 heavy (non-hydrogen) atoms. The summed E-state index contributed by atoms with van der Waals surface area (Å²) >= 11 is 1.48. The Hall–Kier alpha value is -2.24. The molecule has 0 aliphatic rings. The van der Waals surface area contributed by atoms with Gasteiger partial charge < -0.3 is 10.2 Å². The summed E-state index contributed by atoms with van der Waals surface area (Å²) in [5.74, 6) is -0.321. The molecule has 0 radical (unpaired) electrons. The van der Waals surface area contributed by atoms with Crippen LogP contribution >= 0.6 is 11.3 Å². The Bertz CT molecular complexity index is 840. The Morgan fingerprint density at radius 1 is 1.17 bits per heavy atom. The van der Waals surface area contributed by atoms with Gasteiger partial charge in [-0.2, -0.15) is 0 Å². The van der Waals surface area contributed by atoms with Gasteiger partial charge in [0.15, 0.2) is 0 Å². The second kappa shape index (κ2) is 7.11. The third-order valence-electron chi connectivity index (χ3n) is 3.70. The summed E-state index contributed by atoms with van der Waals surface area (Å²) in [4.78, 5) is 14.9. The molecule has 0 unspecified atom stereocenters. The highest BCUT2D eigenvalue weighted by atomic mass is 32.1. The minimum absolute atomic E-state index is 0.102. The smallest absolute Gasteiger partial charge is 0.261 e. The van der Waals surface area contributed by atoms with Crippen LogP contribution in [-0.2, 0) is 13.1 Å². The van der Waals surface area contributed by atoms with E-state index in [2.05, 4.69) is 5.32 Å². The molecular formula is C19H19FN2OS. The molecule has 1 aromatic heterocycles. The predicted molar refractivity (Wildman–Crippen MR) is 96.8 cm³/mol. The third kappa shape index (κ3) is 3.80. The maximum atomic E-state index is 13.8. The fourth-order valence-electron chi connectivity index (χ4n) is 2.56. The monoisotopic (exact) mass is 342 g/mol. The molecule has 0 bridgehead atoms. The summed E-state index contributed by atoms with van der Waals surface area (Å²) in [5.41, 5.74) is 1.52. The first-order valence-electron chi connectivity index (χ1n) is 7.72. The van der Waals surface area contributed by atoms with Crippen LogP contribution in [0.1, 0.15) is 20.8 Å². The van der Waals surface area contributed by atoms with Crippen molar-refractivity contribution in [1.29, 1.82) is 0 Å². The molecule has 0 aliphatic heterocycles. The van der Waals surface area contributed by atoms with Gasteiger partial charge in [0.2, 0.25) is 0 Å². The van der Waals surface area contributed by atoms with Crippen LogP contribution < -0.4 is 5.32 Å². The highest BCUT2D eigenvalue weighted by Gasteiger charge is 2.11. The van der Waals surface area contributed by atoms with Crippen LogP contribution in [0.4, 0.5) is 4.39 Å². The minimum atomic E-state index is -0.219. The molecule has 2 aromatic carbocycles. The zero-order valence-electron chi connectivity index (χ0n) is 13.7. The van der Waals surface area contributed by atoms with Crippen molar-refractivity contribution in [3.63, 3.8) is 0 Å². The molecule has 0 atom stereocenters. The van der Waals surface area contributed by atoms with Gasteiger partial charge in [-0.3, -0.25) is 4.79 Å². The van der Waals surface area contributed by atoms with Crippen molar-refractivity contribution in [2.24, 2.45) is 0 Å². The molecule has 0 spiro atoms. The van der Waals surface area contributed by atoms with Crippen molar-refractivity contribution in [2.75, 3.05) is 14.1 Å². The molecule has 0 saturated heterocycles. The van der Waals surface area contributed by atoms with Gasteiger partial charge in [-0.05, 0) is 49.3 Å². The minimum Gasteiger partial charge on any atom is -0.347 e. The normalized spacial score (nSPS) is 11.2. The first-order valence-corrected chi connectivity index (χ1v) is 8.53. The fourth-order valence-corrected chi connectivity index (χ4v) is 3.54. The molecule has 5 heteroatoms. The summed E-state index contributed by atoms with van der Waals surface area (Å²) in [5, 5.41) is 3.98. The average Bonchev–Trinajstić information content (AvgIpc) is 2.99. The number of fused-ring (bicyclic) bond motifs is 1. The quantitative estimate of drug-likeness (QED) is 0.759. The molecule has 3 aromatic rings. The Kier molecular flexibility index (Phi) is 4.92. The Balaban J connectivity index is 1.69. The number of amides is 1. The Labute approximate surface area is 144 Å². The van der Waals surface area contributed by atoms with E-state index in [0.29, 0.717) is 23.5 Å². The molecule has 124 valence electrons. The van der Waals surface area contributed by atoms with Crippen molar-refractivity contribution in [2.45, 2.75) is 13.1 Å². The van der Waals surface area contributed by atoms with E-state index < -0.39 is 0 Å². The molecule has 3 nitrogen and oxygen atoms in total. The zero-order chi connectivity index (χ0) is 17.1. The van der Waals surface area contributed by atoms with Gasteiger partial charge in [0.1, 0.15) is 5.82 Å². The van der Waals surface area contributed by atoms with E-state index in [-0.39, 0.29) is 11.7 Å². The van der Waals surface area contributed by atoms with Crippen molar-refractivity contribution in [3.8, 4) is 0 Å². The highest BCUT2D eigenvalue weighted by Crippen LogP contribution is 2.25. The molecular weight excluding hydrogens is 323 g/mol. The van der Waals surface area contributed by atoms with E-state index in [0.717, 1.165) is 15.6 Å². The fraction of sp³-hybridized carbons (Fsp3) is 0.211. The number of nitrogens with one attached hydrogen (secondary N) is 1. The lowest BCUT2D eigenvalue weighted by Crippen LogP contribution is -2.22. The second-order valence-electron chi connectivity index (χ2n) is 5.99. The summed E-state index contributed by atoms with van der Waals surface area (Å²) in [6.07, 6.45) is 0. The van der Waals surface area contributed by atoms with Crippen LogP contribution in [0.2, 0.25) is 0 Å². The molecule has 0 aliphatic carbocycles. The summed E-state index contributed by atoms with van der Waals surface area (Å²) < 4.78 is 14.9. The van der Waals surface area contributed by atoms with E-state index in [9.17, 15) is 9.18 Å². The standard InChI is InChI=1S/C19H19FN2OS/c1-22(2)12-15-9-13(7-8-16(15)20)11-21-19(23)18-10-14-5-3-4-6-17(14)24-18/h3-10H,11-12H2,1-2H3,(H,21,23). The lowest BCUT2D eigenvalue weighted by Gasteiger charge is -2.12. The van der Waals surface area contributed by atoms with Gasteiger partial charge in [0.25, 0.3) is 5.91 Å². The van der Waals surface area contributed by atoms with Gasteiger partial charge in [-0.15, -0.1) is 11.3 Å². The van der Waals surface area contributed by atoms with Crippen LogP contribution in [0.5, 0.6) is 0 Å². The van der Waals surface area contributed by atoms with Crippen molar-refractivity contribution in [1.82, 2.24) is 10.2 Å². The van der Waals surface area contributed by atoms with Gasteiger partial charge in [0.05, 0.1) is 4.88 Å². The molecule has 0 saturated carbocycles. The Morgan fingerprint density at radius 2 is 1.96 bits per heavy atom. The number of halogens is 1. The molecule has 1 N–H and O–H groups in total. The number of nitrogens with zero attached hydrogens (tertiary/aromatic N) is 1. The van der Waals surface area contributed by atoms with Crippen LogP contribution in [0, 0.1) is 5.82 Å². The number of carbonyl (C=O) groups is 1. The van der Waals surface area contributed by atoms with Crippen LogP contribution in [0.15, 0.2) is 48.5 Å². The van der Waals surface area contributed by atoms with E-state index >= 15 is 0 Å².